The molecule has 1 amide bonds. The lowest BCUT2D eigenvalue weighted by atomic mass is 9.95. The van der Waals surface area contributed by atoms with Crippen molar-refractivity contribution < 1.29 is 14.3 Å². The van der Waals surface area contributed by atoms with Gasteiger partial charge in [-0.05, 0) is 46.6 Å². The number of carbonyl (C=O) groups is 1. The third-order valence-electron chi connectivity index (χ3n) is 4.96. The molecule has 0 fully saturated rings. The number of amides is 1. The molecular formula is C21H19BrClN5O3. The van der Waals surface area contributed by atoms with Crippen molar-refractivity contribution in [3.63, 3.8) is 0 Å². The minimum atomic E-state index is -0.570. The van der Waals surface area contributed by atoms with E-state index in [9.17, 15) is 4.79 Å². The van der Waals surface area contributed by atoms with Crippen LogP contribution in [0.3, 0.4) is 0 Å². The Labute approximate surface area is 192 Å². The number of ether oxygens (including phenoxy) is 2. The summed E-state index contributed by atoms with van der Waals surface area (Å²) in [5.41, 5.74) is 8.28. The Hall–Kier alpha value is -3.04. The van der Waals surface area contributed by atoms with Gasteiger partial charge in [0.15, 0.2) is 11.5 Å². The number of nitrogens with two attached hydrogens (primary N) is 1. The van der Waals surface area contributed by atoms with E-state index in [0.29, 0.717) is 38.2 Å². The Morgan fingerprint density at radius 2 is 2.13 bits per heavy atom. The molecule has 0 bridgehead atoms. The van der Waals surface area contributed by atoms with Crippen LogP contribution in [0.1, 0.15) is 24.1 Å². The zero-order valence-corrected chi connectivity index (χ0v) is 19.1. The number of benzene rings is 2. The highest BCUT2D eigenvalue weighted by molar-refractivity contribution is 9.10. The first-order valence-electron chi connectivity index (χ1n) is 9.31. The van der Waals surface area contributed by atoms with Crippen molar-refractivity contribution in [2.24, 2.45) is 5.73 Å². The van der Waals surface area contributed by atoms with Crippen LogP contribution in [0.2, 0.25) is 5.02 Å². The molecule has 2 aromatic carbocycles. The lowest BCUT2D eigenvalue weighted by Gasteiger charge is -2.28. The van der Waals surface area contributed by atoms with Crippen molar-refractivity contribution in [3.05, 3.63) is 74.6 Å². The first kappa shape index (κ1) is 21.2. The van der Waals surface area contributed by atoms with E-state index < -0.39 is 11.9 Å². The van der Waals surface area contributed by atoms with E-state index in [-0.39, 0.29) is 6.61 Å². The van der Waals surface area contributed by atoms with Gasteiger partial charge in [-0.1, -0.05) is 29.8 Å². The standard InChI is InChI=1S/C21H19BrClN5O3/c1-11-17(20(24)29)18(28-21(27-11)25-10-26-28)13-7-14(22)19(16(8-13)30-2)31-9-12-5-3-4-6-15(12)23/h3-8,10,18H,9H2,1-2H3,(H2,24,29)(H,25,26,27)/t18-/m1/s1. The number of aromatic nitrogens is 3. The van der Waals surface area contributed by atoms with Crippen molar-refractivity contribution in [2.75, 3.05) is 12.4 Å². The van der Waals surface area contributed by atoms with Gasteiger partial charge in [0.05, 0.1) is 17.2 Å². The lowest BCUT2D eigenvalue weighted by Crippen LogP contribution is -2.31. The van der Waals surface area contributed by atoms with Crippen molar-refractivity contribution in [2.45, 2.75) is 19.6 Å². The maximum atomic E-state index is 12.3. The van der Waals surface area contributed by atoms with Gasteiger partial charge in [-0.25, -0.2) is 4.68 Å². The molecule has 1 aliphatic heterocycles. The van der Waals surface area contributed by atoms with Crippen LogP contribution in [0, 0.1) is 0 Å². The van der Waals surface area contributed by atoms with Gasteiger partial charge < -0.3 is 20.5 Å². The highest BCUT2D eigenvalue weighted by atomic mass is 79.9. The van der Waals surface area contributed by atoms with Gasteiger partial charge in [-0.15, -0.1) is 0 Å². The van der Waals surface area contributed by atoms with E-state index in [0.717, 1.165) is 11.1 Å². The summed E-state index contributed by atoms with van der Waals surface area (Å²) in [4.78, 5) is 16.5. The van der Waals surface area contributed by atoms with Crippen LogP contribution in [0.5, 0.6) is 11.5 Å². The molecule has 0 spiro atoms. The normalized spacial score (nSPS) is 15.3. The zero-order valence-electron chi connectivity index (χ0n) is 16.7. The van der Waals surface area contributed by atoms with E-state index >= 15 is 0 Å². The molecule has 0 saturated carbocycles. The molecule has 0 aliphatic carbocycles. The number of anilines is 1. The quantitative estimate of drug-likeness (QED) is 0.525. The van der Waals surface area contributed by atoms with E-state index in [1.165, 1.54) is 6.33 Å². The third-order valence-corrected chi connectivity index (χ3v) is 5.91. The number of carbonyl (C=O) groups excluding carboxylic acids is 1. The first-order chi connectivity index (χ1) is 14.9. The van der Waals surface area contributed by atoms with Crippen molar-refractivity contribution in [1.82, 2.24) is 14.8 Å². The Morgan fingerprint density at radius 3 is 2.84 bits per heavy atom. The van der Waals surface area contributed by atoms with Gasteiger partial charge in [0.2, 0.25) is 11.9 Å². The molecule has 1 aromatic heterocycles. The van der Waals surface area contributed by atoms with Crippen LogP contribution >= 0.6 is 27.5 Å². The van der Waals surface area contributed by atoms with Crippen LogP contribution in [-0.2, 0) is 11.4 Å². The Kier molecular flexibility index (Phi) is 5.88. The predicted octanol–water partition coefficient (Wildman–Crippen LogP) is 4.06. The Morgan fingerprint density at radius 1 is 1.35 bits per heavy atom. The average Bonchev–Trinajstić information content (AvgIpc) is 3.20. The SMILES string of the molecule is COc1cc([C@@H]2C(C(N)=O)=C(C)Nc3ncnn32)cc(Br)c1OCc1ccccc1Cl. The van der Waals surface area contributed by atoms with Crippen molar-refractivity contribution in [3.8, 4) is 11.5 Å². The number of rotatable bonds is 6. The van der Waals surface area contributed by atoms with Crippen LogP contribution in [0.4, 0.5) is 5.95 Å². The zero-order chi connectivity index (χ0) is 22.1. The fraction of sp³-hybridized carbons (Fsp3) is 0.190. The lowest BCUT2D eigenvalue weighted by molar-refractivity contribution is -0.115. The third kappa shape index (κ3) is 3.98. The second-order valence-corrected chi connectivity index (χ2v) is 8.13. The van der Waals surface area contributed by atoms with Crippen LogP contribution in [0.25, 0.3) is 0 Å². The molecule has 160 valence electrons. The monoisotopic (exact) mass is 503 g/mol. The molecule has 4 rings (SSSR count). The molecule has 1 aliphatic rings. The number of primary amides is 1. The maximum Gasteiger partial charge on any atom is 0.248 e. The summed E-state index contributed by atoms with van der Waals surface area (Å²) in [7, 11) is 1.55. The minimum absolute atomic E-state index is 0.264. The van der Waals surface area contributed by atoms with E-state index in [1.54, 1.807) is 24.8 Å². The molecule has 3 aromatic rings. The molecule has 2 heterocycles. The molecule has 1 atom stereocenters. The maximum absolute atomic E-state index is 12.3. The van der Waals surface area contributed by atoms with Crippen molar-refractivity contribution >= 4 is 39.4 Å². The molecule has 0 radical (unpaired) electrons. The second kappa shape index (κ2) is 8.60. The number of allylic oxidation sites excluding steroid dienone is 1. The van der Waals surface area contributed by atoms with E-state index in [1.807, 2.05) is 30.3 Å². The van der Waals surface area contributed by atoms with Gasteiger partial charge in [-0.3, -0.25) is 4.79 Å². The molecule has 3 N–H and O–H groups in total. The molecule has 31 heavy (non-hydrogen) atoms. The van der Waals surface area contributed by atoms with Gasteiger partial charge in [-0.2, -0.15) is 10.1 Å². The van der Waals surface area contributed by atoms with Crippen LogP contribution in [0.15, 0.2) is 58.5 Å². The van der Waals surface area contributed by atoms with Crippen LogP contribution in [-0.4, -0.2) is 27.8 Å². The molecule has 8 nitrogen and oxygen atoms in total. The van der Waals surface area contributed by atoms with Gasteiger partial charge in [0.1, 0.15) is 19.0 Å². The van der Waals surface area contributed by atoms with E-state index in [2.05, 4.69) is 31.3 Å². The van der Waals surface area contributed by atoms with Crippen LogP contribution < -0.4 is 20.5 Å². The largest absolute Gasteiger partial charge is 0.493 e. The number of halogens is 2. The molecular weight excluding hydrogens is 486 g/mol. The Bertz CT molecular complexity index is 1190. The molecule has 0 saturated heterocycles. The average molecular weight is 505 g/mol. The smallest absolute Gasteiger partial charge is 0.248 e. The highest BCUT2D eigenvalue weighted by Gasteiger charge is 2.33. The molecule has 10 heteroatoms. The minimum Gasteiger partial charge on any atom is -0.493 e. The highest BCUT2D eigenvalue weighted by Crippen LogP contribution is 2.42. The summed E-state index contributed by atoms with van der Waals surface area (Å²) in [6.07, 6.45) is 1.42. The van der Waals surface area contributed by atoms with E-state index in [4.69, 9.17) is 26.8 Å². The number of hydrogen-bond donors (Lipinski definition) is 2. The van der Waals surface area contributed by atoms with Crippen molar-refractivity contribution in [1.29, 1.82) is 0 Å². The summed E-state index contributed by atoms with van der Waals surface area (Å²) in [5, 5.41) is 7.95. The first-order valence-corrected chi connectivity index (χ1v) is 10.5. The van der Waals surface area contributed by atoms with Gasteiger partial charge >= 0.3 is 0 Å². The molecule has 0 unspecified atom stereocenters. The number of nitrogens with one attached hydrogen (secondary N) is 1. The number of fused-ring (bicyclic) bond motifs is 1. The number of hydrogen-bond acceptors (Lipinski definition) is 6. The summed E-state index contributed by atoms with van der Waals surface area (Å²) >= 11 is 9.80. The fourth-order valence-electron chi connectivity index (χ4n) is 3.52. The number of methoxy groups -OCH3 is 1. The topological polar surface area (TPSA) is 104 Å². The van der Waals surface area contributed by atoms with Gasteiger partial charge in [0.25, 0.3) is 0 Å². The predicted molar refractivity (Wildman–Crippen MR) is 120 cm³/mol. The fourth-order valence-corrected chi connectivity index (χ4v) is 4.29. The summed E-state index contributed by atoms with van der Waals surface area (Å²) in [6.45, 7) is 2.04. The summed E-state index contributed by atoms with van der Waals surface area (Å²) < 4.78 is 13.9. The van der Waals surface area contributed by atoms with Gasteiger partial charge in [0, 0.05) is 16.3 Å². The second-order valence-electron chi connectivity index (χ2n) is 6.87. The summed E-state index contributed by atoms with van der Waals surface area (Å²) in [5.74, 6) is 0.963. The Balaban J connectivity index is 1.74. The number of nitrogens with zero attached hydrogens (tertiary/aromatic N) is 3. The summed E-state index contributed by atoms with van der Waals surface area (Å²) in [6, 6.07) is 10.5.